The number of hydrogen-bond acceptors (Lipinski definition) is 4. The van der Waals surface area contributed by atoms with E-state index >= 15 is 0 Å². The molecule has 0 N–H and O–H groups in total. The molecule has 1 unspecified atom stereocenters. The van der Waals surface area contributed by atoms with Crippen LogP contribution in [0.1, 0.15) is 38.7 Å². The van der Waals surface area contributed by atoms with Gasteiger partial charge in [0.1, 0.15) is 6.54 Å². The van der Waals surface area contributed by atoms with Gasteiger partial charge in [-0.1, -0.05) is 56.2 Å². The summed E-state index contributed by atoms with van der Waals surface area (Å²) in [6, 6.07) is 9.87. The quantitative estimate of drug-likeness (QED) is 0.501. The Kier molecular flexibility index (Phi) is 6.71. The lowest BCUT2D eigenvalue weighted by molar-refractivity contribution is -0.142. The number of hydrogen-bond donors (Lipinski definition) is 0. The smallest absolute Gasteiger partial charge is 0.392 e. The number of carbonyl (C=O) groups excluding carboxylic acids is 2. The van der Waals surface area contributed by atoms with Crippen molar-refractivity contribution in [3.63, 3.8) is 0 Å². The minimum atomic E-state index is -0.458. The van der Waals surface area contributed by atoms with E-state index in [1.807, 2.05) is 49.2 Å². The minimum absolute atomic E-state index is 0.0719. The van der Waals surface area contributed by atoms with E-state index in [9.17, 15) is 9.59 Å². The Bertz CT molecular complexity index is 747. The first kappa shape index (κ1) is 21.5. The minimum Gasteiger partial charge on any atom is -0.516 e. The highest BCUT2D eigenvalue weighted by Crippen LogP contribution is 2.61. The molecule has 29 heavy (non-hydrogen) atoms. The lowest BCUT2D eigenvalue weighted by Gasteiger charge is -2.60. The maximum atomic E-state index is 12.8. The number of amides is 1. The number of carbonyl (C=O) groups is 2. The molecule has 3 aliphatic carbocycles. The number of benzene rings is 1. The van der Waals surface area contributed by atoms with Crippen LogP contribution in [-0.2, 0) is 14.2 Å². The molecule has 1 aromatic rings. The largest absolute Gasteiger partial charge is 0.516 e. The molecule has 1 aromatic carbocycles. The standard InChI is InChI=1S/C23H32BNO4/c1-23(2)19-11-10-18(20(23)14-19)15-25(16-21(26)28-4)22(27)29-24(3)13-12-17-8-6-5-7-9-17/h5-9,12-13,18-20H,10-11,14-16H2,1-4H3/b13-12+/t18-,19-,20?/m1/s1. The molecule has 5 nitrogen and oxygen atoms in total. The van der Waals surface area contributed by atoms with Gasteiger partial charge in [0, 0.05) is 6.54 Å². The summed E-state index contributed by atoms with van der Waals surface area (Å²) in [5.74, 6) is 3.24. The van der Waals surface area contributed by atoms with Crippen LogP contribution in [0.4, 0.5) is 4.79 Å². The zero-order chi connectivity index (χ0) is 21.0. The molecule has 3 atom stereocenters. The molecular formula is C23H32BNO4. The average Bonchev–Trinajstić information content (AvgIpc) is 2.72. The first-order valence-electron chi connectivity index (χ1n) is 10.6. The molecule has 3 saturated carbocycles. The molecule has 0 saturated heterocycles. The molecule has 2 bridgehead atoms. The SMILES string of the molecule is COC(=O)CN(C[C@H]1CC[C@@H]2CC1C2(C)C)C(=O)OB(C)/C=C/c1ccccc1. The van der Waals surface area contributed by atoms with Gasteiger partial charge in [-0.3, -0.25) is 9.69 Å². The Morgan fingerprint density at radius 1 is 1.24 bits per heavy atom. The number of esters is 1. The van der Waals surface area contributed by atoms with E-state index in [2.05, 4.69) is 13.8 Å². The van der Waals surface area contributed by atoms with Crippen molar-refractivity contribution in [2.24, 2.45) is 23.2 Å². The van der Waals surface area contributed by atoms with Gasteiger partial charge in [-0.05, 0) is 54.8 Å². The molecule has 1 amide bonds. The third kappa shape index (κ3) is 5.03. The van der Waals surface area contributed by atoms with E-state index in [-0.39, 0.29) is 6.54 Å². The van der Waals surface area contributed by atoms with Crippen molar-refractivity contribution in [3.8, 4) is 0 Å². The molecule has 0 spiro atoms. The second kappa shape index (κ2) is 9.06. The van der Waals surface area contributed by atoms with Crippen LogP contribution in [-0.4, -0.2) is 44.1 Å². The first-order valence-corrected chi connectivity index (χ1v) is 10.6. The van der Waals surface area contributed by atoms with Gasteiger partial charge in [0.05, 0.1) is 7.11 Å². The monoisotopic (exact) mass is 397 g/mol. The zero-order valence-electron chi connectivity index (χ0n) is 18.0. The Hall–Kier alpha value is -2.24. The lowest BCUT2D eigenvalue weighted by atomic mass is 9.45. The van der Waals surface area contributed by atoms with Gasteiger partial charge in [-0.25, -0.2) is 4.79 Å². The molecule has 4 rings (SSSR count). The fourth-order valence-corrected chi connectivity index (χ4v) is 4.97. The van der Waals surface area contributed by atoms with E-state index in [0.717, 1.165) is 17.9 Å². The van der Waals surface area contributed by atoms with Crippen molar-refractivity contribution in [1.29, 1.82) is 0 Å². The van der Waals surface area contributed by atoms with E-state index in [1.54, 1.807) is 0 Å². The zero-order valence-corrected chi connectivity index (χ0v) is 18.0. The van der Waals surface area contributed by atoms with Crippen LogP contribution < -0.4 is 0 Å². The summed E-state index contributed by atoms with van der Waals surface area (Å²) in [4.78, 5) is 26.3. The van der Waals surface area contributed by atoms with Crippen LogP contribution >= 0.6 is 0 Å². The summed E-state index contributed by atoms with van der Waals surface area (Å²) in [5.41, 5.74) is 1.38. The molecule has 0 radical (unpaired) electrons. The summed E-state index contributed by atoms with van der Waals surface area (Å²) in [6.45, 7) is 6.57. The fraction of sp³-hybridized carbons (Fsp3) is 0.565. The van der Waals surface area contributed by atoms with Crippen LogP contribution in [0, 0.1) is 23.2 Å². The summed E-state index contributed by atoms with van der Waals surface area (Å²) < 4.78 is 10.4. The molecule has 3 fully saturated rings. The van der Waals surface area contributed by atoms with Crippen LogP contribution in [0.3, 0.4) is 0 Å². The van der Waals surface area contributed by atoms with Crippen molar-refractivity contribution in [2.45, 2.75) is 39.9 Å². The van der Waals surface area contributed by atoms with Crippen LogP contribution in [0.15, 0.2) is 36.3 Å². The van der Waals surface area contributed by atoms with Crippen molar-refractivity contribution in [3.05, 3.63) is 41.9 Å². The van der Waals surface area contributed by atoms with Gasteiger partial charge in [-0.2, -0.15) is 0 Å². The molecule has 156 valence electrons. The van der Waals surface area contributed by atoms with Gasteiger partial charge in [0.2, 0.25) is 0 Å². The Morgan fingerprint density at radius 3 is 2.59 bits per heavy atom. The maximum absolute atomic E-state index is 12.8. The highest BCUT2D eigenvalue weighted by Gasteiger charge is 2.54. The maximum Gasteiger partial charge on any atom is 0.392 e. The second-order valence-electron chi connectivity index (χ2n) is 9.01. The van der Waals surface area contributed by atoms with E-state index in [4.69, 9.17) is 9.39 Å². The van der Waals surface area contributed by atoms with Gasteiger partial charge in [0.15, 0.2) is 0 Å². The Labute approximate surface area is 174 Å². The van der Waals surface area contributed by atoms with Crippen LogP contribution in [0.25, 0.3) is 6.08 Å². The fourth-order valence-electron chi connectivity index (χ4n) is 4.97. The molecular weight excluding hydrogens is 365 g/mol. The average molecular weight is 397 g/mol. The predicted octanol–water partition coefficient (Wildman–Crippen LogP) is 4.54. The van der Waals surface area contributed by atoms with Gasteiger partial charge < -0.3 is 9.39 Å². The summed E-state index contributed by atoms with van der Waals surface area (Å²) >= 11 is 0. The number of rotatable bonds is 7. The molecule has 0 aliphatic heterocycles. The van der Waals surface area contributed by atoms with Gasteiger partial charge in [-0.15, -0.1) is 0 Å². The van der Waals surface area contributed by atoms with Gasteiger partial charge in [0.25, 0.3) is 0 Å². The second-order valence-corrected chi connectivity index (χ2v) is 9.01. The first-order chi connectivity index (χ1) is 13.8. The van der Waals surface area contributed by atoms with E-state index in [0.29, 0.717) is 23.8 Å². The van der Waals surface area contributed by atoms with Crippen LogP contribution in [0.5, 0.6) is 0 Å². The molecule has 0 aromatic heterocycles. The van der Waals surface area contributed by atoms with Crippen LogP contribution in [0.2, 0.25) is 6.82 Å². The summed E-state index contributed by atoms with van der Waals surface area (Å²) in [6.07, 6.45) is 5.01. The van der Waals surface area contributed by atoms with E-state index < -0.39 is 19.0 Å². The number of fused-ring (bicyclic) bond motifs is 2. The van der Waals surface area contributed by atoms with Crippen molar-refractivity contribution < 1.29 is 19.0 Å². The number of nitrogens with zero attached hydrogens (tertiary/aromatic N) is 1. The third-order valence-corrected chi connectivity index (χ3v) is 6.91. The molecule has 3 aliphatic rings. The topological polar surface area (TPSA) is 55.8 Å². The van der Waals surface area contributed by atoms with Gasteiger partial charge >= 0.3 is 19.0 Å². The molecule has 0 heterocycles. The Morgan fingerprint density at radius 2 is 1.97 bits per heavy atom. The van der Waals surface area contributed by atoms with Crippen molar-refractivity contribution in [2.75, 3.05) is 20.2 Å². The molecule has 6 heteroatoms. The highest BCUT2D eigenvalue weighted by molar-refractivity contribution is 6.58. The summed E-state index contributed by atoms with van der Waals surface area (Å²) in [7, 11) is 1.34. The van der Waals surface area contributed by atoms with E-state index in [1.165, 1.54) is 24.9 Å². The summed E-state index contributed by atoms with van der Waals surface area (Å²) in [5, 5.41) is 0. The third-order valence-electron chi connectivity index (χ3n) is 6.91. The Balaban J connectivity index is 1.62. The number of methoxy groups -OCH3 is 1. The van der Waals surface area contributed by atoms with Crippen molar-refractivity contribution in [1.82, 2.24) is 4.90 Å². The van der Waals surface area contributed by atoms with Crippen molar-refractivity contribution >= 4 is 25.1 Å². The number of ether oxygens (including phenoxy) is 1. The predicted molar refractivity (Wildman–Crippen MR) is 115 cm³/mol. The lowest BCUT2D eigenvalue weighted by Crippen LogP contribution is -2.55. The highest BCUT2D eigenvalue weighted by atomic mass is 16.5. The normalized spacial score (nSPS) is 24.5.